The van der Waals surface area contributed by atoms with Crippen molar-refractivity contribution in [2.45, 2.75) is 24.8 Å². The van der Waals surface area contributed by atoms with Gasteiger partial charge in [0.05, 0.1) is 0 Å². The normalized spacial score (nSPS) is 26.6. The van der Waals surface area contributed by atoms with E-state index in [-0.39, 0.29) is 17.9 Å². The summed E-state index contributed by atoms with van der Waals surface area (Å²) >= 11 is 0. The molecule has 2 N–H and O–H groups in total. The van der Waals surface area contributed by atoms with Crippen LogP contribution in [0.15, 0.2) is 24.3 Å². The van der Waals surface area contributed by atoms with Gasteiger partial charge in [0.2, 0.25) is 5.91 Å². The molecular weight excluding hydrogens is 228 g/mol. The molecule has 0 aromatic heterocycles. The van der Waals surface area contributed by atoms with Crippen LogP contribution in [0.3, 0.4) is 0 Å². The molecule has 1 fully saturated rings. The minimum absolute atomic E-state index is 0.125. The van der Waals surface area contributed by atoms with E-state index >= 15 is 0 Å². The van der Waals surface area contributed by atoms with Gasteiger partial charge in [0.15, 0.2) is 0 Å². The molecular formula is C14H18N2O2. The van der Waals surface area contributed by atoms with Crippen LogP contribution in [0.2, 0.25) is 0 Å². The lowest BCUT2D eigenvalue weighted by molar-refractivity contribution is -0.134. The molecule has 2 aliphatic rings. The van der Waals surface area contributed by atoms with Crippen LogP contribution in [-0.2, 0) is 4.79 Å². The smallest absolute Gasteiger partial charge is 0.233 e. The van der Waals surface area contributed by atoms with Gasteiger partial charge in [0, 0.05) is 24.7 Å². The largest absolute Gasteiger partial charge is 0.492 e. The van der Waals surface area contributed by atoms with Crippen LogP contribution < -0.4 is 10.5 Å². The van der Waals surface area contributed by atoms with Gasteiger partial charge in [0.1, 0.15) is 18.3 Å². The lowest BCUT2D eigenvalue weighted by Crippen LogP contribution is -2.47. The van der Waals surface area contributed by atoms with Crippen molar-refractivity contribution in [3.63, 3.8) is 0 Å². The first-order valence-corrected chi connectivity index (χ1v) is 6.52. The lowest BCUT2D eigenvalue weighted by atomic mass is 9.98. The number of nitrogens with two attached hydrogens (primary N) is 1. The van der Waals surface area contributed by atoms with E-state index in [1.54, 1.807) is 0 Å². The van der Waals surface area contributed by atoms with E-state index in [2.05, 4.69) is 0 Å². The number of rotatable bonds is 1. The predicted octanol–water partition coefficient (Wildman–Crippen LogP) is 1.11. The van der Waals surface area contributed by atoms with Crippen molar-refractivity contribution in [1.82, 2.24) is 4.90 Å². The minimum atomic E-state index is -0.147. The van der Waals surface area contributed by atoms with E-state index < -0.39 is 0 Å². The number of fused-ring (bicyclic) bond motifs is 1. The van der Waals surface area contributed by atoms with E-state index in [1.807, 2.05) is 29.2 Å². The Bertz CT molecular complexity index is 461. The molecule has 96 valence electrons. The van der Waals surface area contributed by atoms with Crippen molar-refractivity contribution in [1.29, 1.82) is 0 Å². The second-order valence-corrected chi connectivity index (χ2v) is 5.09. The molecule has 1 aromatic carbocycles. The summed E-state index contributed by atoms with van der Waals surface area (Å²) in [6.07, 6.45) is 2.02. The summed E-state index contributed by atoms with van der Waals surface area (Å²) in [6, 6.07) is 7.91. The number of para-hydroxylation sites is 1. The maximum atomic E-state index is 12.5. The monoisotopic (exact) mass is 246 g/mol. The van der Waals surface area contributed by atoms with Gasteiger partial charge < -0.3 is 15.4 Å². The Labute approximate surface area is 107 Å². The van der Waals surface area contributed by atoms with Gasteiger partial charge in [-0.05, 0) is 18.9 Å². The summed E-state index contributed by atoms with van der Waals surface area (Å²) in [7, 11) is 0. The molecule has 2 heterocycles. The number of nitrogens with zero attached hydrogens (tertiary/aromatic N) is 1. The summed E-state index contributed by atoms with van der Waals surface area (Å²) in [4.78, 5) is 14.4. The fourth-order valence-electron chi connectivity index (χ4n) is 2.80. The number of likely N-dealkylation sites (tertiary alicyclic amines) is 1. The van der Waals surface area contributed by atoms with Crippen LogP contribution in [0.1, 0.15) is 24.3 Å². The molecule has 1 saturated heterocycles. The molecule has 18 heavy (non-hydrogen) atoms. The van der Waals surface area contributed by atoms with Gasteiger partial charge in [-0.1, -0.05) is 18.2 Å². The van der Waals surface area contributed by atoms with Gasteiger partial charge in [0.25, 0.3) is 0 Å². The van der Waals surface area contributed by atoms with E-state index in [1.165, 1.54) is 0 Å². The third-order valence-electron chi connectivity index (χ3n) is 3.77. The highest BCUT2D eigenvalue weighted by molar-refractivity contribution is 5.85. The second-order valence-electron chi connectivity index (χ2n) is 5.09. The molecule has 0 spiro atoms. The number of ether oxygens (including phenoxy) is 1. The van der Waals surface area contributed by atoms with E-state index in [0.29, 0.717) is 13.2 Å². The molecule has 0 aliphatic carbocycles. The third-order valence-corrected chi connectivity index (χ3v) is 3.77. The van der Waals surface area contributed by atoms with Crippen molar-refractivity contribution in [3.05, 3.63) is 29.8 Å². The highest BCUT2D eigenvalue weighted by Gasteiger charge is 2.34. The van der Waals surface area contributed by atoms with E-state index in [4.69, 9.17) is 10.5 Å². The highest BCUT2D eigenvalue weighted by Crippen LogP contribution is 2.34. The molecule has 1 aromatic rings. The first kappa shape index (κ1) is 11.5. The van der Waals surface area contributed by atoms with Crippen LogP contribution >= 0.6 is 0 Å². The van der Waals surface area contributed by atoms with Crippen molar-refractivity contribution < 1.29 is 9.53 Å². The van der Waals surface area contributed by atoms with E-state index in [9.17, 15) is 4.79 Å². The third kappa shape index (κ3) is 1.97. The Morgan fingerprint density at radius 1 is 1.39 bits per heavy atom. The predicted molar refractivity (Wildman–Crippen MR) is 68.5 cm³/mol. The molecule has 0 bridgehead atoms. The maximum Gasteiger partial charge on any atom is 0.233 e. The summed E-state index contributed by atoms with van der Waals surface area (Å²) in [6.45, 7) is 1.96. The van der Waals surface area contributed by atoms with Gasteiger partial charge in [-0.3, -0.25) is 4.79 Å². The number of hydrogen-bond donors (Lipinski definition) is 1. The number of carbonyl (C=O) groups excluding carboxylic acids is 1. The quantitative estimate of drug-likeness (QED) is 0.807. The number of hydrogen-bond acceptors (Lipinski definition) is 3. The molecule has 2 aliphatic heterocycles. The summed E-state index contributed by atoms with van der Waals surface area (Å²) < 4.78 is 5.57. The molecule has 4 heteroatoms. The second kappa shape index (κ2) is 4.61. The number of benzene rings is 1. The fraction of sp³-hybridized carbons (Fsp3) is 0.500. The van der Waals surface area contributed by atoms with E-state index in [0.717, 1.165) is 30.7 Å². The van der Waals surface area contributed by atoms with Gasteiger partial charge >= 0.3 is 0 Å². The minimum Gasteiger partial charge on any atom is -0.492 e. The van der Waals surface area contributed by atoms with Crippen molar-refractivity contribution in [2.75, 3.05) is 19.7 Å². The molecule has 3 rings (SSSR count). The van der Waals surface area contributed by atoms with Crippen LogP contribution in [0.25, 0.3) is 0 Å². The SMILES string of the molecule is N[C@@H]1CCCN(C(=O)[C@H]2COc3ccccc32)C1. The van der Waals surface area contributed by atoms with Crippen molar-refractivity contribution in [3.8, 4) is 5.75 Å². The molecule has 0 radical (unpaired) electrons. The summed E-state index contributed by atoms with van der Waals surface area (Å²) in [5.74, 6) is 0.860. The van der Waals surface area contributed by atoms with Crippen LogP contribution in [-0.4, -0.2) is 36.5 Å². The number of piperidine rings is 1. The van der Waals surface area contributed by atoms with Gasteiger partial charge in [-0.2, -0.15) is 0 Å². The van der Waals surface area contributed by atoms with Crippen molar-refractivity contribution >= 4 is 5.91 Å². The molecule has 0 saturated carbocycles. The zero-order chi connectivity index (χ0) is 12.5. The fourth-order valence-corrected chi connectivity index (χ4v) is 2.80. The number of amides is 1. The zero-order valence-corrected chi connectivity index (χ0v) is 10.3. The molecule has 1 amide bonds. The van der Waals surface area contributed by atoms with Gasteiger partial charge in [-0.15, -0.1) is 0 Å². The Kier molecular flexibility index (Phi) is 2.96. The molecule has 2 atom stereocenters. The maximum absolute atomic E-state index is 12.5. The molecule has 0 unspecified atom stereocenters. The molecule has 4 nitrogen and oxygen atoms in total. The standard InChI is InChI=1S/C14H18N2O2/c15-10-4-3-7-16(8-10)14(17)12-9-18-13-6-2-1-5-11(12)13/h1-2,5-6,10,12H,3-4,7-9,15H2/t10-,12+/m1/s1. The Morgan fingerprint density at radius 3 is 3.06 bits per heavy atom. The first-order chi connectivity index (χ1) is 8.75. The Balaban J connectivity index is 1.78. The van der Waals surface area contributed by atoms with Gasteiger partial charge in [-0.25, -0.2) is 0 Å². The average Bonchev–Trinajstić information content (AvgIpc) is 2.82. The van der Waals surface area contributed by atoms with Crippen LogP contribution in [0.4, 0.5) is 0 Å². The topological polar surface area (TPSA) is 55.6 Å². The Morgan fingerprint density at radius 2 is 2.22 bits per heavy atom. The first-order valence-electron chi connectivity index (χ1n) is 6.52. The summed E-state index contributed by atoms with van der Waals surface area (Å²) in [5.41, 5.74) is 6.95. The average molecular weight is 246 g/mol. The van der Waals surface area contributed by atoms with Crippen molar-refractivity contribution in [2.24, 2.45) is 5.73 Å². The van der Waals surface area contributed by atoms with Crippen LogP contribution in [0, 0.1) is 0 Å². The lowest BCUT2D eigenvalue weighted by Gasteiger charge is -2.32. The number of carbonyl (C=O) groups is 1. The summed E-state index contributed by atoms with van der Waals surface area (Å²) in [5, 5.41) is 0. The zero-order valence-electron chi connectivity index (χ0n) is 10.3. The highest BCUT2D eigenvalue weighted by atomic mass is 16.5. The van der Waals surface area contributed by atoms with Crippen LogP contribution in [0.5, 0.6) is 5.75 Å². The Hall–Kier alpha value is -1.55.